The molecule has 0 fully saturated rings. The van der Waals surface area contributed by atoms with E-state index in [-0.39, 0.29) is 11.7 Å². The van der Waals surface area contributed by atoms with Gasteiger partial charge in [0.2, 0.25) is 5.91 Å². The van der Waals surface area contributed by atoms with E-state index in [1.54, 1.807) is 6.07 Å². The lowest BCUT2D eigenvalue weighted by molar-refractivity contribution is -0.114. The van der Waals surface area contributed by atoms with Crippen LogP contribution in [0.5, 0.6) is 5.75 Å². The molecule has 0 unspecified atom stereocenters. The fraction of sp³-hybridized carbons (Fsp3) is 0.188. The summed E-state index contributed by atoms with van der Waals surface area (Å²) in [5.41, 5.74) is 3.24. The van der Waals surface area contributed by atoms with E-state index in [0.29, 0.717) is 12.1 Å². The molecule has 0 saturated carbocycles. The van der Waals surface area contributed by atoms with Gasteiger partial charge in [-0.3, -0.25) is 4.79 Å². The summed E-state index contributed by atoms with van der Waals surface area (Å²) < 4.78 is 13.2. The van der Waals surface area contributed by atoms with Crippen molar-refractivity contribution in [3.63, 3.8) is 0 Å². The zero-order chi connectivity index (χ0) is 15.4. The van der Waals surface area contributed by atoms with Crippen LogP contribution in [-0.2, 0) is 11.3 Å². The number of carbonyl (C=O) groups excluding carboxylic acids is 1. The van der Waals surface area contributed by atoms with E-state index < -0.39 is 5.82 Å². The topological polar surface area (TPSA) is 61.4 Å². The van der Waals surface area contributed by atoms with Gasteiger partial charge in [0.1, 0.15) is 0 Å². The van der Waals surface area contributed by atoms with Crippen molar-refractivity contribution in [2.24, 2.45) is 0 Å². The van der Waals surface area contributed by atoms with Gasteiger partial charge in [0.15, 0.2) is 11.6 Å². The summed E-state index contributed by atoms with van der Waals surface area (Å²) in [4.78, 5) is 11.1. The van der Waals surface area contributed by atoms with Crippen LogP contribution in [0.3, 0.4) is 0 Å². The Morgan fingerprint density at radius 2 is 2.00 bits per heavy atom. The molecule has 110 valence electrons. The molecule has 2 aromatic rings. The van der Waals surface area contributed by atoms with E-state index in [4.69, 9.17) is 5.11 Å². The third kappa shape index (κ3) is 3.95. The Kier molecular flexibility index (Phi) is 4.42. The van der Waals surface area contributed by atoms with Crippen LogP contribution in [0.1, 0.15) is 18.1 Å². The molecule has 0 aliphatic heterocycles. The maximum atomic E-state index is 13.2. The third-order valence-electron chi connectivity index (χ3n) is 3.06. The summed E-state index contributed by atoms with van der Waals surface area (Å²) in [6.45, 7) is 3.78. The van der Waals surface area contributed by atoms with E-state index in [2.05, 4.69) is 10.6 Å². The second-order valence-electron chi connectivity index (χ2n) is 4.85. The van der Waals surface area contributed by atoms with Crippen molar-refractivity contribution >= 4 is 17.3 Å². The van der Waals surface area contributed by atoms with Crippen LogP contribution in [0.15, 0.2) is 36.4 Å². The molecule has 5 heteroatoms. The number of amides is 1. The van der Waals surface area contributed by atoms with E-state index in [1.165, 1.54) is 19.1 Å². The average Bonchev–Trinajstić information content (AvgIpc) is 2.43. The maximum absolute atomic E-state index is 13.2. The van der Waals surface area contributed by atoms with Gasteiger partial charge >= 0.3 is 0 Å². The van der Waals surface area contributed by atoms with Gasteiger partial charge in [-0.1, -0.05) is 12.1 Å². The number of benzene rings is 2. The molecule has 0 spiro atoms. The summed E-state index contributed by atoms with van der Waals surface area (Å²) in [5, 5.41) is 15.0. The lowest BCUT2D eigenvalue weighted by Crippen LogP contribution is -2.08. The molecule has 4 nitrogen and oxygen atoms in total. The summed E-state index contributed by atoms with van der Waals surface area (Å²) in [6, 6.07) is 9.86. The van der Waals surface area contributed by atoms with Crippen molar-refractivity contribution in [3.05, 3.63) is 53.3 Å². The van der Waals surface area contributed by atoms with E-state index >= 15 is 0 Å². The number of nitrogens with one attached hydrogen (secondary N) is 2. The predicted octanol–water partition coefficient (Wildman–Crippen LogP) is 3.41. The molecule has 0 heterocycles. The van der Waals surface area contributed by atoms with Crippen LogP contribution in [0.2, 0.25) is 0 Å². The Morgan fingerprint density at radius 1 is 1.24 bits per heavy atom. The van der Waals surface area contributed by atoms with Gasteiger partial charge in [0, 0.05) is 24.8 Å². The molecule has 1 amide bonds. The second-order valence-corrected chi connectivity index (χ2v) is 4.85. The predicted molar refractivity (Wildman–Crippen MR) is 80.9 cm³/mol. The lowest BCUT2D eigenvalue weighted by Gasteiger charge is -2.11. The second kappa shape index (κ2) is 6.26. The minimum Gasteiger partial charge on any atom is -0.505 e. The lowest BCUT2D eigenvalue weighted by atomic mass is 10.1. The minimum atomic E-state index is -0.642. The van der Waals surface area contributed by atoms with Gasteiger partial charge in [-0.05, 0) is 42.3 Å². The molecule has 0 radical (unpaired) electrons. The van der Waals surface area contributed by atoms with Crippen molar-refractivity contribution in [3.8, 4) is 5.75 Å². The van der Waals surface area contributed by atoms with Crippen LogP contribution in [0.25, 0.3) is 0 Å². The van der Waals surface area contributed by atoms with Crippen molar-refractivity contribution < 1.29 is 14.3 Å². The van der Waals surface area contributed by atoms with Gasteiger partial charge in [0.25, 0.3) is 0 Å². The highest BCUT2D eigenvalue weighted by atomic mass is 19.1. The van der Waals surface area contributed by atoms with E-state index in [1.807, 2.05) is 25.1 Å². The maximum Gasteiger partial charge on any atom is 0.221 e. The van der Waals surface area contributed by atoms with Crippen molar-refractivity contribution in [1.29, 1.82) is 0 Å². The number of phenols is 1. The van der Waals surface area contributed by atoms with Crippen LogP contribution >= 0.6 is 0 Å². The Hall–Kier alpha value is -2.56. The molecule has 0 aliphatic rings. The summed E-state index contributed by atoms with van der Waals surface area (Å²) in [6.07, 6.45) is 0. The number of rotatable bonds is 4. The van der Waals surface area contributed by atoms with Gasteiger partial charge in [-0.2, -0.15) is 0 Å². The zero-order valence-corrected chi connectivity index (χ0v) is 11.9. The summed E-state index contributed by atoms with van der Waals surface area (Å²) in [5.74, 6) is -1.13. The molecule has 2 rings (SSSR count). The van der Waals surface area contributed by atoms with Crippen LogP contribution < -0.4 is 10.6 Å². The summed E-state index contributed by atoms with van der Waals surface area (Å²) >= 11 is 0. The molecule has 3 N–H and O–H groups in total. The van der Waals surface area contributed by atoms with E-state index in [0.717, 1.165) is 16.9 Å². The normalized spacial score (nSPS) is 10.2. The first-order valence-corrected chi connectivity index (χ1v) is 6.55. The monoisotopic (exact) mass is 288 g/mol. The van der Waals surface area contributed by atoms with Gasteiger partial charge in [0.05, 0.1) is 0 Å². The number of hydrogen-bond acceptors (Lipinski definition) is 3. The highest BCUT2D eigenvalue weighted by Crippen LogP contribution is 2.22. The number of hydrogen-bond donors (Lipinski definition) is 3. The number of phenolic OH excluding ortho intramolecular Hbond substituents is 1. The van der Waals surface area contributed by atoms with Crippen molar-refractivity contribution in [2.75, 3.05) is 10.6 Å². The zero-order valence-electron chi connectivity index (χ0n) is 11.9. The number of carbonyl (C=O) groups is 1. The summed E-state index contributed by atoms with van der Waals surface area (Å²) in [7, 11) is 0. The van der Waals surface area contributed by atoms with Crippen LogP contribution in [-0.4, -0.2) is 11.0 Å². The van der Waals surface area contributed by atoms with E-state index in [9.17, 15) is 9.18 Å². The quantitative estimate of drug-likeness (QED) is 0.808. The highest BCUT2D eigenvalue weighted by Gasteiger charge is 2.04. The fourth-order valence-corrected chi connectivity index (χ4v) is 1.92. The van der Waals surface area contributed by atoms with Crippen LogP contribution in [0.4, 0.5) is 15.8 Å². The van der Waals surface area contributed by atoms with Crippen molar-refractivity contribution in [2.45, 2.75) is 20.4 Å². The first kappa shape index (κ1) is 14.8. The highest BCUT2D eigenvalue weighted by molar-refractivity contribution is 5.90. The largest absolute Gasteiger partial charge is 0.505 e. The Morgan fingerprint density at radius 3 is 2.67 bits per heavy atom. The molecule has 0 bridgehead atoms. The molecule has 21 heavy (non-hydrogen) atoms. The van der Waals surface area contributed by atoms with Crippen LogP contribution in [0, 0.1) is 12.7 Å². The molecular formula is C16H17FN2O2. The number of aromatic hydroxyl groups is 1. The van der Waals surface area contributed by atoms with Gasteiger partial charge in [-0.15, -0.1) is 0 Å². The SMILES string of the molecule is CC(=O)Nc1cc(NCc2ccc(O)c(F)c2)ccc1C. The standard InChI is InChI=1S/C16H17FN2O2/c1-10-3-5-13(8-15(10)19-11(2)20)18-9-12-4-6-16(21)14(17)7-12/h3-8,18,21H,9H2,1-2H3,(H,19,20). The smallest absolute Gasteiger partial charge is 0.221 e. The molecule has 0 saturated heterocycles. The Bertz CT molecular complexity index is 671. The number of halogens is 1. The number of aryl methyl sites for hydroxylation is 1. The van der Waals surface area contributed by atoms with Gasteiger partial charge in [-0.25, -0.2) is 4.39 Å². The number of anilines is 2. The average molecular weight is 288 g/mol. The van der Waals surface area contributed by atoms with Gasteiger partial charge < -0.3 is 15.7 Å². The molecule has 0 aliphatic carbocycles. The molecule has 2 aromatic carbocycles. The Balaban J connectivity index is 2.09. The fourth-order valence-electron chi connectivity index (χ4n) is 1.92. The first-order valence-electron chi connectivity index (χ1n) is 6.55. The molecule has 0 aromatic heterocycles. The molecule has 0 atom stereocenters. The minimum absolute atomic E-state index is 0.129. The Labute approximate surface area is 122 Å². The first-order chi connectivity index (χ1) is 9.95. The third-order valence-corrected chi connectivity index (χ3v) is 3.06. The van der Waals surface area contributed by atoms with Crippen molar-refractivity contribution in [1.82, 2.24) is 0 Å². The molecular weight excluding hydrogens is 271 g/mol.